The third-order valence-electron chi connectivity index (χ3n) is 5.08. The van der Waals surface area contributed by atoms with Gasteiger partial charge in [0.1, 0.15) is 0 Å². The molecule has 0 aromatic heterocycles. The Morgan fingerprint density at radius 3 is 2.62 bits per heavy atom. The maximum absolute atomic E-state index is 10.6. The second kappa shape index (κ2) is 4.81. The molecule has 0 aliphatic heterocycles. The summed E-state index contributed by atoms with van der Waals surface area (Å²) in [5.41, 5.74) is 1.11. The molecule has 0 saturated heterocycles. The van der Waals surface area contributed by atoms with E-state index in [2.05, 4.69) is 24.3 Å². The molecular formula is C17H17NO3. The number of ether oxygens (including phenoxy) is 1. The molecule has 2 bridgehead atoms. The van der Waals surface area contributed by atoms with E-state index in [1.165, 1.54) is 18.6 Å². The van der Waals surface area contributed by atoms with Gasteiger partial charge in [0, 0.05) is 18.1 Å². The average molecular weight is 283 g/mol. The zero-order valence-electron chi connectivity index (χ0n) is 11.6. The maximum Gasteiger partial charge on any atom is 0.269 e. The predicted molar refractivity (Wildman–Crippen MR) is 78.5 cm³/mol. The minimum Gasteiger partial charge on any atom is -0.369 e. The lowest BCUT2D eigenvalue weighted by molar-refractivity contribution is -0.384. The van der Waals surface area contributed by atoms with Gasteiger partial charge in [0.25, 0.3) is 5.69 Å². The minimum absolute atomic E-state index is 0.123. The van der Waals surface area contributed by atoms with Gasteiger partial charge < -0.3 is 4.74 Å². The second-order valence-corrected chi connectivity index (χ2v) is 6.19. The predicted octanol–water partition coefficient (Wildman–Crippen LogP) is 3.49. The Morgan fingerprint density at radius 2 is 1.86 bits per heavy atom. The lowest BCUT2D eigenvalue weighted by Crippen LogP contribution is -2.26. The maximum atomic E-state index is 10.6. The van der Waals surface area contributed by atoms with Crippen LogP contribution in [0.3, 0.4) is 0 Å². The van der Waals surface area contributed by atoms with Crippen molar-refractivity contribution in [1.29, 1.82) is 0 Å². The van der Waals surface area contributed by atoms with E-state index < -0.39 is 0 Å². The first-order chi connectivity index (χ1) is 10.2. The molecule has 1 aromatic carbocycles. The van der Waals surface area contributed by atoms with Crippen LogP contribution in [-0.4, -0.2) is 11.0 Å². The van der Waals surface area contributed by atoms with Crippen molar-refractivity contribution in [3.8, 4) is 0 Å². The molecule has 2 unspecified atom stereocenters. The lowest BCUT2D eigenvalue weighted by atomic mass is 9.84. The highest BCUT2D eigenvalue weighted by Gasteiger charge is 2.49. The number of nitro groups is 1. The highest BCUT2D eigenvalue weighted by atomic mass is 16.6. The van der Waals surface area contributed by atoms with Crippen LogP contribution in [0.5, 0.6) is 0 Å². The lowest BCUT2D eigenvalue weighted by Gasteiger charge is -2.26. The number of allylic oxidation sites excluding steroid dienone is 3. The Kier molecular flexibility index (Phi) is 2.93. The number of hydrogen-bond donors (Lipinski definition) is 0. The van der Waals surface area contributed by atoms with E-state index in [0.29, 0.717) is 30.3 Å². The monoisotopic (exact) mass is 283 g/mol. The topological polar surface area (TPSA) is 52.4 Å². The number of nitrogens with zero attached hydrogens (tertiary/aromatic N) is 1. The van der Waals surface area contributed by atoms with Crippen molar-refractivity contribution in [2.75, 3.05) is 0 Å². The fourth-order valence-electron chi connectivity index (χ4n) is 4.07. The molecule has 5 atom stereocenters. The molecule has 108 valence electrons. The largest absolute Gasteiger partial charge is 0.369 e. The molecule has 0 heterocycles. The van der Waals surface area contributed by atoms with Gasteiger partial charge in [-0.2, -0.15) is 0 Å². The van der Waals surface area contributed by atoms with Crippen molar-refractivity contribution in [3.05, 3.63) is 64.2 Å². The minimum atomic E-state index is -0.378. The van der Waals surface area contributed by atoms with Crippen LogP contribution < -0.4 is 0 Å². The van der Waals surface area contributed by atoms with Crippen LogP contribution in [0.15, 0.2) is 48.6 Å². The van der Waals surface area contributed by atoms with Gasteiger partial charge in [0.15, 0.2) is 0 Å². The summed E-state index contributed by atoms with van der Waals surface area (Å²) in [7, 11) is 0. The number of hydrogen-bond acceptors (Lipinski definition) is 3. The number of benzene rings is 1. The van der Waals surface area contributed by atoms with Gasteiger partial charge in [0.05, 0.1) is 17.6 Å². The molecule has 1 fully saturated rings. The Balaban J connectivity index is 1.40. The van der Waals surface area contributed by atoms with Crippen LogP contribution in [0.1, 0.15) is 12.0 Å². The smallest absolute Gasteiger partial charge is 0.269 e. The van der Waals surface area contributed by atoms with Gasteiger partial charge in [-0.3, -0.25) is 10.1 Å². The first-order valence-corrected chi connectivity index (χ1v) is 7.44. The molecule has 21 heavy (non-hydrogen) atoms. The van der Waals surface area contributed by atoms with Crippen molar-refractivity contribution >= 4 is 5.69 Å². The van der Waals surface area contributed by atoms with Crippen LogP contribution in [0.2, 0.25) is 0 Å². The molecular weight excluding hydrogens is 266 g/mol. The van der Waals surface area contributed by atoms with Crippen LogP contribution in [0.4, 0.5) is 5.69 Å². The highest BCUT2D eigenvalue weighted by Crippen LogP contribution is 2.53. The summed E-state index contributed by atoms with van der Waals surface area (Å²) in [4.78, 5) is 10.3. The number of nitro benzene ring substituents is 1. The molecule has 0 amide bonds. The Morgan fingerprint density at radius 1 is 1.10 bits per heavy atom. The van der Waals surface area contributed by atoms with Crippen molar-refractivity contribution in [2.24, 2.45) is 23.7 Å². The van der Waals surface area contributed by atoms with Gasteiger partial charge in [-0.1, -0.05) is 24.3 Å². The number of non-ortho nitro benzene ring substituents is 1. The van der Waals surface area contributed by atoms with E-state index >= 15 is 0 Å². The summed E-state index contributed by atoms with van der Waals surface area (Å²) >= 11 is 0. The van der Waals surface area contributed by atoms with Crippen molar-refractivity contribution in [3.63, 3.8) is 0 Å². The summed E-state index contributed by atoms with van der Waals surface area (Å²) in [5, 5.41) is 10.6. The fourth-order valence-corrected chi connectivity index (χ4v) is 4.07. The molecule has 0 spiro atoms. The van der Waals surface area contributed by atoms with Gasteiger partial charge in [-0.15, -0.1) is 0 Å². The van der Waals surface area contributed by atoms with Crippen LogP contribution in [0.25, 0.3) is 0 Å². The SMILES string of the molecule is O=[N+]([O-])c1ccc(CO[C@@H]2C=CC3C2[C@@H]2C=C[C@H]3C2)cc1. The Labute approximate surface area is 123 Å². The average Bonchev–Trinajstić information content (AvgIpc) is 3.19. The molecule has 1 aromatic rings. The normalized spacial score (nSPS) is 35.3. The van der Waals surface area contributed by atoms with E-state index in [1.54, 1.807) is 12.1 Å². The summed E-state index contributed by atoms with van der Waals surface area (Å²) in [6.45, 7) is 0.511. The molecule has 1 saturated carbocycles. The summed E-state index contributed by atoms with van der Waals surface area (Å²) in [6.07, 6.45) is 10.7. The second-order valence-electron chi connectivity index (χ2n) is 6.19. The van der Waals surface area contributed by atoms with E-state index in [1.807, 2.05) is 0 Å². The van der Waals surface area contributed by atoms with Crippen molar-refractivity contribution < 1.29 is 9.66 Å². The summed E-state index contributed by atoms with van der Waals surface area (Å²) < 4.78 is 6.07. The molecule has 3 aliphatic carbocycles. The molecule has 0 N–H and O–H groups in total. The van der Waals surface area contributed by atoms with E-state index in [9.17, 15) is 10.1 Å². The zero-order chi connectivity index (χ0) is 14.4. The molecule has 4 nitrogen and oxygen atoms in total. The molecule has 4 rings (SSSR count). The van der Waals surface area contributed by atoms with Crippen LogP contribution >= 0.6 is 0 Å². The summed E-state index contributed by atoms with van der Waals surface area (Å²) in [6, 6.07) is 6.61. The van der Waals surface area contributed by atoms with Gasteiger partial charge in [-0.05, 0) is 41.9 Å². The quantitative estimate of drug-likeness (QED) is 0.483. The van der Waals surface area contributed by atoms with Crippen molar-refractivity contribution in [2.45, 2.75) is 19.1 Å². The highest BCUT2D eigenvalue weighted by molar-refractivity contribution is 5.32. The Hall–Kier alpha value is -1.94. The van der Waals surface area contributed by atoms with E-state index in [0.717, 1.165) is 5.56 Å². The third-order valence-corrected chi connectivity index (χ3v) is 5.08. The van der Waals surface area contributed by atoms with Gasteiger partial charge in [0.2, 0.25) is 0 Å². The van der Waals surface area contributed by atoms with Gasteiger partial charge >= 0.3 is 0 Å². The first kappa shape index (κ1) is 12.8. The van der Waals surface area contributed by atoms with Crippen LogP contribution in [-0.2, 0) is 11.3 Å². The molecule has 0 radical (unpaired) electrons. The number of fused-ring (bicyclic) bond motifs is 5. The third kappa shape index (κ3) is 2.10. The molecule has 3 aliphatic rings. The summed E-state index contributed by atoms with van der Waals surface area (Å²) in [5.74, 6) is 2.63. The number of rotatable bonds is 4. The standard InChI is InChI=1S/C17H17NO3/c19-18(20)14-5-1-11(2-6-14)10-21-16-8-7-15-12-3-4-13(9-12)17(15)16/h1-8,12-13,15-17H,9-10H2/t12-,13+,15?,16+,17?/m0/s1. The van der Waals surface area contributed by atoms with Crippen LogP contribution in [0, 0.1) is 33.8 Å². The van der Waals surface area contributed by atoms with E-state index in [-0.39, 0.29) is 16.7 Å². The first-order valence-electron chi connectivity index (χ1n) is 7.44. The van der Waals surface area contributed by atoms with Gasteiger partial charge in [-0.25, -0.2) is 0 Å². The zero-order valence-corrected chi connectivity index (χ0v) is 11.6. The molecule has 4 heteroatoms. The van der Waals surface area contributed by atoms with Crippen molar-refractivity contribution in [1.82, 2.24) is 0 Å². The van der Waals surface area contributed by atoms with E-state index in [4.69, 9.17) is 4.74 Å². The Bertz CT molecular complexity index is 619. The fraction of sp³-hybridized carbons (Fsp3) is 0.412.